The molecule has 9 heteroatoms. The Bertz CT molecular complexity index is 1020. The highest BCUT2D eigenvalue weighted by Crippen LogP contribution is 2.26. The molecule has 1 heterocycles. The maximum atomic E-state index is 13.0. The van der Waals surface area contributed by atoms with Crippen LogP contribution in [0.2, 0.25) is 0 Å². The van der Waals surface area contributed by atoms with Gasteiger partial charge in [0.05, 0.1) is 17.7 Å². The second-order valence-corrected chi connectivity index (χ2v) is 9.19. The molecule has 0 saturated carbocycles. The third kappa shape index (κ3) is 6.63. The number of hydrazine groups is 1. The van der Waals surface area contributed by atoms with Crippen LogP contribution in [0.25, 0.3) is 0 Å². The molecular formula is C26H31N3O5S. The van der Waals surface area contributed by atoms with Gasteiger partial charge in [0.25, 0.3) is 23.6 Å². The number of unbranched alkanes of at least 4 members (excludes halogenated alkanes) is 3. The quantitative estimate of drug-likeness (QED) is 0.262. The van der Waals surface area contributed by atoms with Crippen molar-refractivity contribution in [3.63, 3.8) is 0 Å². The third-order valence-corrected chi connectivity index (χ3v) is 6.36. The molecule has 1 aliphatic rings. The Labute approximate surface area is 209 Å². The molecule has 2 aromatic rings. The maximum absolute atomic E-state index is 13.0. The minimum absolute atomic E-state index is 0.263. The second-order valence-electron chi connectivity index (χ2n) is 8.20. The summed E-state index contributed by atoms with van der Waals surface area (Å²) in [4.78, 5) is 52.2. The number of nitrogens with zero attached hydrogens (tertiary/aromatic N) is 1. The van der Waals surface area contributed by atoms with E-state index < -0.39 is 29.7 Å². The molecule has 0 radical (unpaired) electrons. The normalized spacial score (nSPS) is 13.4. The molecule has 1 aliphatic heterocycles. The van der Waals surface area contributed by atoms with Crippen LogP contribution in [0.5, 0.6) is 5.75 Å². The van der Waals surface area contributed by atoms with Gasteiger partial charge in [-0.05, 0) is 61.2 Å². The Morgan fingerprint density at radius 1 is 0.943 bits per heavy atom. The zero-order valence-electron chi connectivity index (χ0n) is 20.0. The van der Waals surface area contributed by atoms with Crippen LogP contribution < -0.4 is 15.6 Å². The summed E-state index contributed by atoms with van der Waals surface area (Å²) in [5, 5.41) is 0. The SMILES string of the molecule is CCCCCCOc1ccc(C(=O)NNC(=O)C(CCSC)N2C(=O)c3ccccc3C2=O)cc1. The van der Waals surface area contributed by atoms with Crippen LogP contribution in [0, 0.1) is 0 Å². The van der Waals surface area contributed by atoms with Crippen molar-refractivity contribution in [3.05, 3.63) is 65.2 Å². The van der Waals surface area contributed by atoms with E-state index in [1.54, 1.807) is 48.5 Å². The van der Waals surface area contributed by atoms with Gasteiger partial charge in [-0.3, -0.25) is 34.9 Å². The van der Waals surface area contributed by atoms with Gasteiger partial charge < -0.3 is 4.74 Å². The van der Waals surface area contributed by atoms with Crippen molar-refractivity contribution >= 4 is 35.4 Å². The predicted octanol–water partition coefficient (Wildman–Crippen LogP) is 3.82. The number of nitrogens with one attached hydrogen (secondary N) is 2. The Kier molecular flexibility index (Phi) is 9.72. The second kappa shape index (κ2) is 12.9. The van der Waals surface area contributed by atoms with E-state index >= 15 is 0 Å². The van der Waals surface area contributed by atoms with Crippen molar-refractivity contribution in [1.29, 1.82) is 0 Å². The molecule has 2 N–H and O–H groups in total. The van der Waals surface area contributed by atoms with Gasteiger partial charge in [0.1, 0.15) is 11.8 Å². The largest absolute Gasteiger partial charge is 0.494 e. The van der Waals surface area contributed by atoms with Crippen LogP contribution in [0.1, 0.15) is 70.1 Å². The van der Waals surface area contributed by atoms with E-state index in [9.17, 15) is 19.2 Å². The molecular weight excluding hydrogens is 466 g/mol. The van der Waals surface area contributed by atoms with E-state index in [1.165, 1.54) is 18.2 Å². The summed E-state index contributed by atoms with van der Waals surface area (Å²) in [5.74, 6) is -0.941. The highest BCUT2D eigenvalue weighted by Gasteiger charge is 2.42. The molecule has 0 aliphatic carbocycles. The number of hydrogen-bond acceptors (Lipinski definition) is 6. The molecule has 0 fully saturated rings. The number of benzene rings is 2. The zero-order chi connectivity index (χ0) is 25.2. The van der Waals surface area contributed by atoms with Crippen molar-refractivity contribution in [2.45, 2.75) is 45.1 Å². The lowest BCUT2D eigenvalue weighted by atomic mass is 10.1. The fraction of sp³-hybridized carbons (Fsp3) is 0.385. The minimum Gasteiger partial charge on any atom is -0.494 e. The van der Waals surface area contributed by atoms with Crippen LogP contribution in [0.3, 0.4) is 0 Å². The Balaban J connectivity index is 1.58. The monoisotopic (exact) mass is 497 g/mol. The Morgan fingerprint density at radius 2 is 1.60 bits per heavy atom. The summed E-state index contributed by atoms with van der Waals surface area (Å²) < 4.78 is 5.69. The molecule has 0 spiro atoms. The number of rotatable bonds is 12. The number of hydrogen-bond donors (Lipinski definition) is 2. The number of carbonyl (C=O) groups is 4. The number of fused-ring (bicyclic) bond motifs is 1. The summed E-state index contributed by atoms with van der Waals surface area (Å²) >= 11 is 1.50. The average molecular weight is 498 g/mol. The molecule has 1 atom stereocenters. The van der Waals surface area contributed by atoms with Gasteiger partial charge in [0, 0.05) is 5.56 Å². The van der Waals surface area contributed by atoms with Gasteiger partial charge in [-0.15, -0.1) is 0 Å². The summed E-state index contributed by atoms with van der Waals surface area (Å²) in [5.41, 5.74) is 5.64. The maximum Gasteiger partial charge on any atom is 0.269 e. The zero-order valence-corrected chi connectivity index (χ0v) is 20.9. The first-order valence-electron chi connectivity index (χ1n) is 11.8. The standard InChI is InChI=1S/C26H31N3O5S/c1-3-4-5-8-16-34-19-13-11-18(12-14-19)23(30)27-28-24(31)22(15-17-35-2)29-25(32)20-9-6-7-10-21(20)26(29)33/h6-7,9-14,22H,3-5,8,15-17H2,1-2H3,(H,27,30)(H,28,31). The van der Waals surface area contributed by atoms with Crippen molar-refractivity contribution in [2.24, 2.45) is 0 Å². The topological polar surface area (TPSA) is 105 Å². The van der Waals surface area contributed by atoms with Crippen molar-refractivity contribution in [2.75, 3.05) is 18.6 Å². The fourth-order valence-electron chi connectivity index (χ4n) is 3.79. The van der Waals surface area contributed by atoms with E-state index in [4.69, 9.17) is 4.74 Å². The molecule has 1 unspecified atom stereocenters. The molecule has 35 heavy (non-hydrogen) atoms. The van der Waals surface area contributed by atoms with Gasteiger partial charge >= 0.3 is 0 Å². The van der Waals surface area contributed by atoms with Crippen LogP contribution in [-0.4, -0.2) is 53.2 Å². The molecule has 0 aromatic heterocycles. The van der Waals surface area contributed by atoms with Crippen LogP contribution in [-0.2, 0) is 4.79 Å². The first kappa shape index (κ1) is 26.3. The summed E-state index contributed by atoms with van der Waals surface area (Å²) in [6, 6.07) is 12.1. The van der Waals surface area contributed by atoms with Crippen molar-refractivity contribution in [1.82, 2.24) is 15.8 Å². The first-order valence-corrected chi connectivity index (χ1v) is 13.2. The third-order valence-electron chi connectivity index (χ3n) is 5.72. The number of thioether (sulfide) groups is 1. The molecule has 4 amide bonds. The highest BCUT2D eigenvalue weighted by atomic mass is 32.2. The molecule has 0 saturated heterocycles. The summed E-state index contributed by atoms with van der Waals surface area (Å²) in [7, 11) is 0. The van der Waals surface area contributed by atoms with E-state index in [0.29, 0.717) is 23.7 Å². The van der Waals surface area contributed by atoms with Gasteiger partial charge in [0.15, 0.2) is 0 Å². The van der Waals surface area contributed by atoms with Crippen molar-refractivity contribution in [3.8, 4) is 5.75 Å². The number of imide groups is 1. The lowest BCUT2D eigenvalue weighted by molar-refractivity contribution is -0.125. The molecule has 0 bridgehead atoms. The first-order chi connectivity index (χ1) is 17.0. The van der Waals surface area contributed by atoms with E-state index in [1.807, 2.05) is 6.26 Å². The van der Waals surface area contributed by atoms with Gasteiger partial charge in [-0.1, -0.05) is 38.3 Å². The number of amides is 4. The molecule has 8 nitrogen and oxygen atoms in total. The van der Waals surface area contributed by atoms with Gasteiger partial charge in [-0.2, -0.15) is 11.8 Å². The lowest BCUT2D eigenvalue weighted by Crippen LogP contribution is -2.54. The minimum atomic E-state index is -1.04. The van der Waals surface area contributed by atoms with Crippen LogP contribution >= 0.6 is 11.8 Å². The van der Waals surface area contributed by atoms with Gasteiger partial charge in [-0.25, -0.2) is 0 Å². The molecule has 2 aromatic carbocycles. The molecule has 186 valence electrons. The summed E-state index contributed by atoms with van der Waals surface area (Å²) in [6.45, 7) is 2.78. The predicted molar refractivity (Wildman–Crippen MR) is 135 cm³/mol. The van der Waals surface area contributed by atoms with E-state index in [2.05, 4.69) is 17.8 Å². The molecule has 3 rings (SSSR count). The Morgan fingerprint density at radius 3 is 2.20 bits per heavy atom. The number of carbonyl (C=O) groups excluding carboxylic acids is 4. The smallest absolute Gasteiger partial charge is 0.269 e. The fourth-order valence-corrected chi connectivity index (χ4v) is 4.25. The Hall–Kier alpha value is -3.33. The van der Waals surface area contributed by atoms with Crippen LogP contribution in [0.15, 0.2) is 48.5 Å². The average Bonchev–Trinajstić information content (AvgIpc) is 3.13. The lowest BCUT2D eigenvalue weighted by Gasteiger charge is -2.25. The van der Waals surface area contributed by atoms with Gasteiger partial charge in [0.2, 0.25) is 0 Å². The van der Waals surface area contributed by atoms with Crippen LogP contribution in [0.4, 0.5) is 0 Å². The van der Waals surface area contributed by atoms with E-state index in [-0.39, 0.29) is 17.5 Å². The summed E-state index contributed by atoms with van der Waals surface area (Å²) in [6.07, 6.45) is 6.58. The number of ether oxygens (including phenoxy) is 1. The highest BCUT2D eigenvalue weighted by molar-refractivity contribution is 7.98. The van der Waals surface area contributed by atoms with E-state index in [0.717, 1.165) is 24.2 Å². The van der Waals surface area contributed by atoms with Crippen molar-refractivity contribution < 1.29 is 23.9 Å².